The quantitative estimate of drug-likeness (QED) is 0.525. The Labute approximate surface area is 194 Å². The second-order valence-electron chi connectivity index (χ2n) is 11.6. The number of rotatable bonds is 7. The molecule has 1 N–H and O–H groups in total. The second-order valence-corrected chi connectivity index (χ2v) is 12.6. The molecule has 4 aliphatic carbocycles. The van der Waals surface area contributed by atoms with Crippen molar-refractivity contribution in [2.75, 3.05) is 0 Å². The van der Waals surface area contributed by atoms with E-state index in [1.807, 2.05) is 5.38 Å². The van der Waals surface area contributed by atoms with Gasteiger partial charge < -0.3 is 5.11 Å². The number of hydrogen-bond acceptors (Lipinski definition) is 4. The maximum atomic E-state index is 13.5. The number of hydrogen-bond donors (Lipinski definition) is 1. The zero-order chi connectivity index (χ0) is 22.7. The maximum absolute atomic E-state index is 13.5. The standard InChI is InChI=1S/C26H37F2NO2S/c1-15-9-11-26(31)22(23(26)24(27)28)17(15)6-5-16-4-3-10-25(2)18(16)7-8-19(25)20(30)14-21-29-12-13-32-21/h12-13,15-19,22-24,31H,3-11,14H2,1-2H3/t15-,16-,17?,18-,19+,22?,23?,25-,26+/m0/s1. The van der Waals surface area contributed by atoms with Gasteiger partial charge in [0, 0.05) is 23.4 Å². The van der Waals surface area contributed by atoms with E-state index in [1.165, 1.54) is 6.42 Å². The molecule has 5 rings (SSSR count). The van der Waals surface area contributed by atoms with Crippen LogP contribution in [-0.2, 0) is 11.2 Å². The van der Waals surface area contributed by atoms with Gasteiger partial charge in [0.15, 0.2) is 0 Å². The van der Waals surface area contributed by atoms with Gasteiger partial charge in [-0.3, -0.25) is 4.79 Å². The summed E-state index contributed by atoms with van der Waals surface area (Å²) in [5.41, 5.74) is -1.03. The second kappa shape index (κ2) is 8.41. The fourth-order valence-electron chi connectivity index (χ4n) is 8.56. The Morgan fingerprint density at radius 2 is 2.06 bits per heavy atom. The Bertz CT molecular complexity index is 832. The molecule has 4 saturated carbocycles. The predicted octanol–water partition coefficient (Wildman–Crippen LogP) is 6.16. The summed E-state index contributed by atoms with van der Waals surface area (Å²) in [4.78, 5) is 17.5. The Morgan fingerprint density at radius 3 is 2.78 bits per heavy atom. The first-order valence-corrected chi connectivity index (χ1v) is 13.5. The number of nitrogens with zero attached hydrogens (tertiary/aromatic N) is 1. The predicted molar refractivity (Wildman–Crippen MR) is 122 cm³/mol. The van der Waals surface area contributed by atoms with Crippen LogP contribution < -0.4 is 0 Å². The van der Waals surface area contributed by atoms with Gasteiger partial charge in [-0.15, -0.1) is 11.3 Å². The van der Waals surface area contributed by atoms with Crippen LogP contribution in [0.15, 0.2) is 11.6 Å². The number of fused-ring (bicyclic) bond motifs is 2. The number of aliphatic hydroxyl groups is 1. The number of carbonyl (C=O) groups excluding carboxylic acids is 1. The summed E-state index contributed by atoms with van der Waals surface area (Å²) < 4.78 is 27.1. The summed E-state index contributed by atoms with van der Waals surface area (Å²) in [6, 6.07) is 0. The first-order valence-electron chi connectivity index (χ1n) is 12.7. The third-order valence-electron chi connectivity index (χ3n) is 10.2. The Morgan fingerprint density at radius 1 is 1.25 bits per heavy atom. The number of Topliss-reactive ketones (excluding diaryl/α,β-unsaturated/α-hetero) is 1. The number of carbonyl (C=O) groups is 1. The molecule has 1 heterocycles. The lowest BCUT2D eigenvalue weighted by Gasteiger charge is -2.45. The lowest BCUT2D eigenvalue weighted by molar-refractivity contribution is -0.127. The number of thiazole rings is 1. The van der Waals surface area contributed by atoms with E-state index in [2.05, 4.69) is 18.8 Å². The van der Waals surface area contributed by atoms with Gasteiger partial charge in [0.2, 0.25) is 6.43 Å². The van der Waals surface area contributed by atoms with Gasteiger partial charge in [-0.25, -0.2) is 13.8 Å². The van der Waals surface area contributed by atoms with Crippen LogP contribution in [0.1, 0.15) is 76.6 Å². The summed E-state index contributed by atoms with van der Waals surface area (Å²) in [7, 11) is 0. The third-order valence-corrected chi connectivity index (χ3v) is 11.0. The number of halogens is 2. The van der Waals surface area contributed by atoms with E-state index in [0.717, 1.165) is 50.0 Å². The van der Waals surface area contributed by atoms with Crippen molar-refractivity contribution < 1.29 is 18.7 Å². The summed E-state index contributed by atoms with van der Waals surface area (Å²) in [6.07, 6.45) is 8.82. The van der Waals surface area contributed by atoms with Crippen LogP contribution in [0, 0.1) is 46.8 Å². The first kappa shape index (κ1) is 22.9. The molecule has 0 saturated heterocycles. The van der Waals surface area contributed by atoms with Gasteiger partial charge in [-0.1, -0.05) is 26.7 Å². The molecule has 4 aliphatic rings. The Balaban J connectivity index is 1.24. The van der Waals surface area contributed by atoms with Gasteiger partial charge in [0.1, 0.15) is 5.78 Å². The molecule has 32 heavy (non-hydrogen) atoms. The minimum Gasteiger partial charge on any atom is -0.389 e. The fourth-order valence-corrected chi connectivity index (χ4v) is 9.18. The van der Waals surface area contributed by atoms with E-state index in [-0.39, 0.29) is 23.2 Å². The van der Waals surface area contributed by atoms with Gasteiger partial charge in [0.05, 0.1) is 22.9 Å². The molecule has 6 heteroatoms. The van der Waals surface area contributed by atoms with Crippen molar-refractivity contribution in [3.63, 3.8) is 0 Å². The average molecular weight is 466 g/mol. The van der Waals surface area contributed by atoms with Crippen molar-refractivity contribution in [2.45, 2.75) is 90.1 Å². The van der Waals surface area contributed by atoms with Gasteiger partial charge >= 0.3 is 0 Å². The minimum atomic E-state index is -2.41. The zero-order valence-electron chi connectivity index (χ0n) is 19.3. The molecule has 0 aliphatic heterocycles. The highest BCUT2D eigenvalue weighted by atomic mass is 32.1. The van der Waals surface area contributed by atoms with Crippen molar-refractivity contribution in [2.24, 2.45) is 46.8 Å². The topological polar surface area (TPSA) is 50.2 Å². The maximum Gasteiger partial charge on any atom is 0.244 e. The monoisotopic (exact) mass is 465 g/mol. The van der Waals surface area contributed by atoms with Crippen molar-refractivity contribution in [1.29, 1.82) is 0 Å². The first-order chi connectivity index (χ1) is 15.3. The average Bonchev–Trinajstić information content (AvgIpc) is 3.05. The molecular formula is C26H37F2NO2S. The van der Waals surface area contributed by atoms with Crippen molar-refractivity contribution in [1.82, 2.24) is 4.98 Å². The van der Waals surface area contributed by atoms with Crippen molar-refractivity contribution in [3.05, 3.63) is 16.6 Å². The molecule has 9 atom stereocenters. The van der Waals surface area contributed by atoms with Crippen molar-refractivity contribution >= 4 is 17.1 Å². The van der Waals surface area contributed by atoms with E-state index >= 15 is 0 Å². The normalized spacial score (nSPS) is 45.5. The molecule has 0 spiro atoms. The van der Waals surface area contributed by atoms with E-state index < -0.39 is 17.9 Å². The van der Waals surface area contributed by atoms with E-state index in [9.17, 15) is 18.7 Å². The number of alkyl halides is 2. The van der Waals surface area contributed by atoms with Crippen LogP contribution >= 0.6 is 11.3 Å². The summed E-state index contributed by atoms with van der Waals surface area (Å²) in [6.45, 7) is 4.54. The molecular weight excluding hydrogens is 428 g/mol. The van der Waals surface area contributed by atoms with Crippen LogP contribution in [0.4, 0.5) is 8.78 Å². The van der Waals surface area contributed by atoms with E-state index in [4.69, 9.17) is 0 Å². The molecule has 3 nitrogen and oxygen atoms in total. The number of aromatic nitrogens is 1. The third kappa shape index (κ3) is 3.68. The Kier molecular flexibility index (Phi) is 6.01. The number of ketones is 1. The van der Waals surface area contributed by atoms with Crippen LogP contribution in [-0.4, -0.2) is 27.9 Å². The zero-order valence-corrected chi connectivity index (χ0v) is 20.1. The molecule has 0 bridgehead atoms. The molecule has 0 amide bonds. The SMILES string of the molecule is C[C@H]1CC[C@]2(O)C(C(F)F)C2C1CC[C@@H]1CCC[C@]2(C)[C@@H](C(=O)Cc3nccs3)CC[C@@H]12. The highest BCUT2D eigenvalue weighted by Gasteiger charge is 2.71. The van der Waals surface area contributed by atoms with Crippen LogP contribution in [0.25, 0.3) is 0 Å². The lowest BCUT2D eigenvalue weighted by Crippen LogP contribution is -2.40. The fraction of sp³-hybridized carbons (Fsp3) is 0.846. The van der Waals surface area contributed by atoms with E-state index in [1.54, 1.807) is 17.5 Å². The van der Waals surface area contributed by atoms with Crippen LogP contribution in [0.3, 0.4) is 0 Å². The highest BCUT2D eigenvalue weighted by molar-refractivity contribution is 7.09. The van der Waals surface area contributed by atoms with Gasteiger partial charge in [-0.2, -0.15) is 0 Å². The summed E-state index contributed by atoms with van der Waals surface area (Å²) in [5.74, 6) is 1.23. The highest BCUT2D eigenvalue weighted by Crippen LogP contribution is 2.66. The molecule has 3 unspecified atom stereocenters. The minimum absolute atomic E-state index is 0.0707. The molecule has 1 aromatic rings. The lowest BCUT2D eigenvalue weighted by atomic mass is 9.59. The van der Waals surface area contributed by atoms with Crippen molar-refractivity contribution in [3.8, 4) is 0 Å². The molecule has 4 fully saturated rings. The summed E-state index contributed by atoms with van der Waals surface area (Å²) in [5, 5.41) is 13.6. The molecule has 0 aromatic carbocycles. The van der Waals surface area contributed by atoms with Gasteiger partial charge in [0.25, 0.3) is 0 Å². The molecule has 0 radical (unpaired) electrons. The molecule has 1 aromatic heterocycles. The Hall–Kier alpha value is -0.880. The summed E-state index contributed by atoms with van der Waals surface area (Å²) >= 11 is 1.56. The van der Waals surface area contributed by atoms with E-state index in [0.29, 0.717) is 36.4 Å². The van der Waals surface area contributed by atoms with Gasteiger partial charge in [-0.05, 0) is 74.0 Å². The van der Waals surface area contributed by atoms with Crippen LogP contribution in [0.2, 0.25) is 0 Å². The van der Waals surface area contributed by atoms with Crippen LogP contribution in [0.5, 0.6) is 0 Å². The largest absolute Gasteiger partial charge is 0.389 e. The molecule has 178 valence electrons. The smallest absolute Gasteiger partial charge is 0.244 e.